The van der Waals surface area contributed by atoms with Gasteiger partial charge in [0, 0.05) is 23.3 Å². The van der Waals surface area contributed by atoms with Gasteiger partial charge in [0.1, 0.15) is 0 Å². The first-order chi connectivity index (χ1) is 11.1. The third kappa shape index (κ3) is 5.84. The number of rotatable bonds is 6. The van der Waals surface area contributed by atoms with Crippen LogP contribution in [0.2, 0.25) is 0 Å². The molecule has 4 nitrogen and oxygen atoms in total. The highest BCUT2D eigenvalue weighted by Gasteiger charge is 2.27. The van der Waals surface area contributed by atoms with Crippen molar-refractivity contribution in [2.24, 2.45) is 5.92 Å². The highest BCUT2D eigenvalue weighted by atomic mass is 79.9. The molecule has 1 amide bonds. The number of hydrogen-bond acceptors (Lipinski definition) is 4. The van der Waals surface area contributed by atoms with Crippen LogP contribution in [0.3, 0.4) is 0 Å². The zero-order chi connectivity index (χ0) is 16.7. The van der Waals surface area contributed by atoms with Crippen LogP contribution in [0.25, 0.3) is 0 Å². The van der Waals surface area contributed by atoms with E-state index in [9.17, 15) is 9.59 Å². The second-order valence-electron chi connectivity index (χ2n) is 5.53. The molecule has 1 heterocycles. The van der Waals surface area contributed by atoms with E-state index in [0.29, 0.717) is 38.3 Å². The first-order valence-electron chi connectivity index (χ1n) is 7.86. The summed E-state index contributed by atoms with van der Waals surface area (Å²) in [5.74, 6) is 1.30. The van der Waals surface area contributed by atoms with Gasteiger partial charge in [-0.05, 0) is 37.5 Å². The minimum Gasteiger partial charge on any atom is -0.466 e. The normalized spacial score (nSPS) is 15.5. The van der Waals surface area contributed by atoms with E-state index in [1.54, 1.807) is 11.8 Å². The molecule has 1 aliphatic heterocycles. The molecular weight excluding hydrogens is 378 g/mol. The van der Waals surface area contributed by atoms with Gasteiger partial charge in [0.15, 0.2) is 0 Å². The number of benzene rings is 1. The van der Waals surface area contributed by atoms with Gasteiger partial charge in [-0.15, -0.1) is 11.8 Å². The average Bonchev–Trinajstić information content (AvgIpc) is 2.55. The van der Waals surface area contributed by atoms with E-state index >= 15 is 0 Å². The number of hydrogen-bond donors (Lipinski definition) is 0. The number of carbonyl (C=O) groups is 2. The molecule has 1 saturated heterocycles. The highest BCUT2D eigenvalue weighted by Crippen LogP contribution is 2.21. The van der Waals surface area contributed by atoms with Crippen LogP contribution >= 0.6 is 27.7 Å². The van der Waals surface area contributed by atoms with E-state index in [1.165, 1.54) is 5.56 Å². The Balaban J connectivity index is 1.70. The smallest absolute Gasteiger partial charge is 0.309 e. The van der Waals surface area contributed by atoms with Crippen LogP contribution in [-0.2, 0) is 20.1 Å². The first-order valence-corrected chi connectivity index (χ1v) is 9.81. The summed E-state index contributed by atoms with van der Waals surface area (Å²) in [6.45, 7) is 3.54. The Morgan fingerprint density at radius 2 is 2.09 bits per heavy atom. The number of ether oxygens (including phenoxy) is 1. The number of thioether (sulfide) groups is 1. The van der Waals surface area contributed by atoms with Gasteiger partial charge in [-0.1, -0.05) is 28.1 Å². The van der Waals surface area contributed by atoms with Gasteiger partial charge >= 0.3 is 5.97 Å². The first kappa shape index (κ1) is 18.3. The maximum atomic E-state index is 12.2. The molecule has 1 aromatic rings. The van der Waals surface area contributed by atoms with Crippen LogP contribution in [0.5, 0.6) is 0 Å². The van der Waals surface area contributed by atoms with Gasteiger partial charge < -0.3 is 9.64 Å². The Kier molecular flexibility index (Phi) is 7.43. The molecule has 0 unspecified atom stereocenters. The number of esters is 1. The summed E-state index contributed by atoms with van der Waals surface area (Å²) in [5, 5.41) is 0. The number of carbonyl (C=O) groups excluding carboxylic acids is 2. The summed E-state index contributed by atoms with van der Waals surface area (Å²) in [7, 11) is 0. The summed E-state index contributed by atoms with van der Waals surface area (Å²) in [6.07, 6.45) is 1.42. The topological polar surface area (TPSA) is 46.6 Å². The number of halogens is 1. The number of piperidine rings is 1. The Morgan fingerprint density at radius 1 is 1.35 bits per heavy atom. The lowest BCUT2D eigenvalue weighted by atomic mass is 9.97. The molecule has 0 bridgehead atoms. The van der Waals surface area contributed by atoms with Crippen molar-refractivity contribution in [2.75, 3.05) is 25.4 Å². The second kappa shape index (κ2) is 9.33. The standard InChI is InChI=1S/C17H22BrNO3S/c1-2-22-17(21)14-6-8-19(9-7-14)16(20)12-23-11-13-4-3-5-15(18)10-13/h3-5,10,14H,2,6-9,11-12H2,1H3. The van der Waals surface area contributed by atoms with Gasteiger partial charge in [-0.25, -0.2) is 0 Å². The zero-order valence-corrected chi connectivity index (χ0v) is 15.7. The molecule has 126 valence electrons. The van der Waals surface area contributed by atoms with E-state index in [-0.39, 0.29) is 17.8 Å². The van der Waals surface area contributed by atoms with Crippen molar-refractivity contribution in [3.63, 3.8) is 0 Å². The Labute approximate surface area is 150 Å². The van der Waals surface area contributed by atoms with E-state index < -0.39 is 0 Å². The van der Waals surface area contributed by atoms with E-state index in [1.807, 2.05) is 24.0 Å². The molecule has 1 aromatic carbocycles. The SMILES string of the molecule is CCOC(=O)C1CCN(C(=O)CSCc2cccc(Br)c2)CC1. The minimum absolute atomic E-state index is 0.0478. The fraction of sp³-hybridized carbons (Fsp3) is 0.529. The molecule has 0 saturated carbocycles. The maximum absolute atomic E-state index is 12.2. The lowest BCUT2D eigenvalue weighted by Gasteiger charge is -2.30. The molecule has 1 fully saturated rings. The highest BCUT2D eigenvalue weighted by molar-refractivity contribution is 9.10. The van der Waals surface area contributed by atoms with Gasteiger partial charge in [-0.3, -0.25) is 9.59 Å². The molecule has 6 heteroatoms. The third-order valence-corrected chi connectivity index (χ3v) is 5.33. The second-order valence-corrected chi connectivity index (χ2v) is 7.43. The molecule has 2 rings (SSSR count). The van der Waals surface area contributed by atoms with Gasteiger partial charge in [-0.2, -0.15) is 0 Å². The lowest BCUT2D eigenvalue weighted by molar-refractivity contribution is -0.151. The van der Waals surface area contributed by atoms with Crippen molar-refractivity contribution in [1.82, 2.24) is 4.90 Å². The average molecular weight is 400 g/mol. The maximum Gasteiger partial charge on any atom is 0.309 e. The number of amides is 1. The summed E-state index contributed by atoms with van der Waals surface area (Å²) in [5.41, 5.74) is 1.21. The number of likely N-dealkylation sites (tertiary alicyclic amines) is 1. The molecule has 0 aliphatic carbocycles. The Morgan fingerprint density at radius 3 is 2.74 bits per heavy atom. The van der Waals surface area contributed by atoms with E-state index in [4.69, 9.17) is 4.74 Å². The van der Waals surface area contributed by atoms with Gasteiger partial charge in [0.25, 0.3) is 0 Å². The van der Waals surface area contributed by atoms with Crippen LogP contribution in [0, 0.1) is 5.92 Å². The predicted molar refractivity (Wildman–Crippen MR) is 96.2 cm³/mol. The van der Waals surface area contributed by atoms with Crippen molar-refractivity contribution in [3.05, 3.63) is 34.3 Å². The van der Waals surface area contributed by atoms with Crippen LogP contribution in [0.1, 0.15) is 25.3 Å². The van der Waals surface area contributed by atoms with Crippen molar-refractivity contribution < 1.29 is 14.3 Å². The fourth-order valence-corrected chi connectivity index (χ4v) is 3.92. The van der Waals surface area contributed by atoms with Gasteiger partial charge in [0.2, 0.25) is 5.91 Å². The molecular formula is C17H22BrNO3S. The molecule has 23 heavy (non-hydrogen) atoms. The van der Waals surface area contributed by atoms with Crippen molar-refractivity contribution >= 4 is 39.6 Å². The largest absolute Gasteiger partial charge is 0.466 e. The third-order valence-electron chi connectivity index (χ3n) is 3.85. The van der Waals surface area contributed by atoms with Crippen molar-refractivity contribution in [3.8, 4) is 0 Å². The monoisotopic (exact) mass is 399 g/mol. The predicted octanol–water partition coefficient (Wildman–Crippen LogP) is 3.48. The molecule has 0 spiro atoms. The summed E-state index contributed by atoms with van der Waals surface area (Å²) in [6, 6.07) is 8.13. The molecule has 0 N–H and O–H groups in total. The summed E-state index contributed by atoms with van der Waals surface area (Å²) < 4.78 is 6.11. The van der Waals surface area contributed by atoms with Crippen molar-refractivity contribution in [2.45, 2.75) is 25.5 Å². The zero-order valence-electron chi connectivity index (χ0n) is 13.3. The Bertz CT molecular complexity index is 544. The van der Waals surface area contributed by atoms with Crippen molar-refractivity contribution in [1.29, 1.82) is 0 Å². The van der Waals surface area contributed by atoms with Crippen LogP contribution in [-0.4, -0.2) is 42.2 Å². The van der Waals surface area contributed by atoms with E-state index in [2.05, 4.69) is 28.1 Å². The lowest BCUT2D eigenvalue weighted by Crippen LogP contribution is -2.41. The fourth-order valence-electron chi connectivity index (χ4n) is 2.60. The molecule has 0 atom stereocenters. The van der Waals surface area contributed by atoms with Crippen LogP contribution in [0.15, 0.2) is 28.7 Å². The van der Waals surface area contributed by atoms with Gasteiger partial charge in [0.05, 0.1) is 18.3 Å². The van der Waals surface area contributed by atoms with E-state index in [0.717, 1.165) is 10.2 Å². The Hall–Kier alpha value is -1.01. The minimum atomic E-state index is -0.122. The van der Waals surface area contributed by atoms with Crippen LogP contribution < -0.4 is 0 Å². The molecule has 1 aliphatic rings. The summed E-state index contributed by atoms with van der Waals surface area (Å²) >= 11 is 5.08. The molecule has 0 aromatic heterocycles. The molecule has 0 radical (unpaired) electrons. The quantitative estimate of drug-likeness (QED) is 0.686. The summed E-state index contributed by atoms with van der Waals surface area (Å²) in [4.78, 5) is 25.8. The van der Waals surface area contributed by atoms with Crippen LogP contribution in [0.4, 0.5) is 0 Å². The number of nitrogens with zero attached hydrogens (tertiary/aromatic N) is 1.